The Morgan fingerprint density at radius 3 is 2.54 bits per heavy atom. The highest BCUT2D eigenvalue weighted by molar-refractivity contribution is 7.09. The SMILES string of the molecule is COc1ccc(N2CCN(C(=O)c3ccc4[nH]c(-c5nc6cscc6[nH]c5=O)cc4c3)CC2)cc1. The summed E-state index contributed by atoms with van der Waals surface area (Å²) in [7, 11) is 1.66. The van der Waals surface area contributed by atoms with Gasteiger partial charge in [0, 0.05) is 59.1 Å². The summed E-state index contributed by atoms with van der Waals surface area (Å²) in [6.07, 6.45) is 0. The quantitative estimate of drug-likeness (QED) is 0.400. The van der Waals surface area contributed by atoms with Gasteiger partial charge in [0.25, 0.3) is 11.5 Å². The van der Waals surface area contributed by atoms with Crippen LogP contribution in [0.25, 0.3) is 33.3 Å². The molecule has 2 aromatic carbocycles. The number of aromatic amines is 2. The van der Waals surface area contributed by atoms with Crippen LogP contribution in [0.3, 0.4) is 0 Å². The molecule has 9 heteroatoms. The van der Waals surface area contributed by atoms with Gasteiger partial charge in [0.05, 0.1) is 23.8 Å². The Morgan fingerprint density at radius 1 is 0.971 bits per heavy atom. The zero-order valence-electron chi connectivity index (χ0n) is 19.1. The molecule has 1 amide bonds. The Morgan fingerprint density at radius 2 is 1.77 bits per heavy atom. The summed E-state index contributed by atoms with van der Waals surface area (Å²) in [5.74, 6) is 0.845. The first-order chi connectivity index (χ1) is 17.1. The minimum atomic E-state index is -0.242. The van der Waals surface area contributed by atoms with Gasteiger partial charge in [0.1, 0.15) is 5.75 Å². The molecule has 3 aromatic heterocycles. The second-order valence-corrected chi connectivity index (χ2v) is 9.29. The first kappa shape index (κ1) is 21.4. The van der Waals surface area contributed by atoms with E-state index in [1.807, 2.05) is 64.2 Å². The van der Waals surface area contributed by atoms with Gasteiger partial charge in [-0.1, -0.05) is 0 Å². The van der Waals surface area contributed by atoms with Crippen molar-refractivity contribution in [2.45, 2.75) is 0 Å². The van der Waals surface area contributed by atoms with Crippen molar-refractivity contribution in [3.05, 3.63) is 75.2 Å². The first-order valence-corrected chi connectivity index (χ1v) is 12.3. The normalized spacial score (nSPS) is 14.1. The number of piperazine rings is 1. The first-order valence-electron chi connectivity index (χ1n) is 11.4. The van der Waals surface area contributed by atoms with E-state index in [4.69, 9.17) is 4.74 Å². The lowest BCUT2D eigenvalue weighted by Crippen LogP contribution is -2.48. The minimum Gasteiger partial charge on any atom is -0.497 e. The number of anilines is 1. The topological polar surface area (TPSA) is 94.3 Å². The maximum Gasteiger partial charge on any atom is 0.276 e. The molecule has 2 N–H and O–H groups in total. The van der Waals surface area contributed by atoms with Crippen LogP contribution in [0.1, 0.15) is 10.4 Å². The van der Waals surface area contributed by atoms with Crippen molar-refractivity contribution in [2.24, 2.45) is 0 Å². The number of amides is 1. The molecule has 1 saturated heterocycles. The number of nitrogens with one attached hydrogen (secondary N) is 2. The van der Waals surface area contributed by atoms with Crippen LogP contribution in [-0.4, -0.2) is 59.0 Å². The zero-order valence-corrected chi connectivity index (χ0v) is 19.9. The number of carbonyl (C=O) groups excluding carboxylic acids is 1. The summed E-state index contributed by atoms with van der Waals surface area (Å²) >= 11 is 1.50. The molecule has 1 aliphatic heterocycles. The molecule has 5 aromatic rings. The van der Waals surface area contributed by atoms with Crippen molar-refractivity contribution in [3.63, 3.8) is 0 Å². The average molecular weight is 486 g/mol. The van der Waals surface area contributed by atoms with Gasteiger partial charge in [-0.05, 0) is 48.5 Å². The van der Waals surface area contributed by atoms with Gasteiger partial charge in [0.15, 0.2) is 5.69 Å². The molecule has 0 saturated carbocycles. The van der Waals surface area contributed by atoms with Crippen molar-refractivity contribution in [3.8, 4) is 17.1 Å². The fraction of sp³-hybridized carbons (Fsp3) is 0.192. The van der Waals surface area contributed by atoms with E-state index in [1.54, 1.807) is 7.11 Å². The van der Waals surface area contributed by atoms with Gasteiger partial charge in [0.2, 0.25) is 0 Å². The number of fused-ring (bicyclic) bond motifs is 2. The fourth-order valence-electron chi connectivity index (χ4n) is 4.54. The number of ether oxygens (including phenoxy) is 1. The second-order valence-electron chi connectivity index (χ2n) is 8.55. The van der Waals surface area contributed by atoms with Gasteiger partial charge in [-0.2, -0.15) is 0 Å². The Bertz CT molecular complexity index is 1590. The predicted molar refractivity (Wildman–Crippen MR) is 139 cm³/mol. The Labute approximate surface area is 204 Å². The number of rotatable bonds is 4. The monoisotopic (exact) mass is 485 g/mol. The maximum atomic E-state index is 13.2. The smallest absolute Gasteiger partial charge is 0.276 e. The van der Waals surface area contributed by atoms with Crippen molar-refractivity contribution < 1.29 is 9.53 Å². The van der Waals surface area contributed by atoms with Gasteiger partial charge < -0.3 is 24.5 Å². The van der Waals surface area contributed by atoms with Crippen LogP contribution >= 0.6 is 11.3 Å². The third-order valence-electron chi connectivity index (χ3n) is 6.46. The predicted octanol–water partition coefficient (Wildman–Crippen LogP) is 4.10. The van der Waals surface area contributed by atoms with E-state index in [0.29, 0.717) is 30.0 Å². The van der Waals surface area contributed by atoms with Gasteiger partial charge in [-0.15, -0.1) is 11.3 Å². The summed E-state index contributed by atoms with van der Waals surface area (Å²) < 4.78 is 5.24. The summed E-state index contributed by atoms with van der Waals surface area (Å²) in [4.78, 5) is 40.6. The Kier molecular flexibility index (Phi) is 5.26. The second kappa shape index (κ2) is 8.59. The van der Waals surface area contributed by atoms with Crippen molar-refractivity contribution >= 4 is 44.9 Å². The molecule has 0 atom stereocenters. The van der Waals surface area contributed by atoms with Crippen LogP contribution in [-0.2, 0) is 0 Å². The molecule has 1 aliphatic rings. The minimum absolute atomic E-state index is 0.0136. The van der Waals surface area contributed by atoms with E-state index in [0.717, 1.165) is 46.5 Å². The summed E-state index contributed by atoms with van der Waals surface area (Å²) in [6.45, 7) is 2.85. The van der Waals surface area contributed by atoms with Crippen LogP contribution in [0.5, 0.6) is 5.75 Å². The molecule has 0 bridgehead atoms. The highest BCUT2D eigenvalue weighted by Crippen LogP contribution is 2.25. The van der Waals surface area contributed by atoms with Gasteiger partial charge >= 0.3 is 0 Å². The molecule has 8 nitrogen and oxygen atoms in total. The van der Waals surface area contributed by atoms with Crippen molar-refractivity contribution in [1.29, 1.82) is 0 Å². The lowest BCUT2D eigenvalue weighted by Gasteiger charge is -2.36. The number of benzene rings is 2. The third kappa shape index (κ3) is 3.93. The van der Waals surface area contributed by atoms with Crippen LogP contribution < -0.4 is 15.2 Å². The van der Waals surface area contributed by atoms with Crippen LogP contribution in [0, 0.1) is 0 Å². The molecule has 0 aliphatic carbocycles. The number of hydrogen-bond donors (Lipinski definition) is 2. The van der Waals surface area contributed by atoms with E-state index in [1.165, 1.54) is 11.3 Å². The molecule has 176 valence electrons. The largest absolute Gasteiger partial charge is 0.497 e. The van der Waals surface area contributed by atoms with E-state index >= 15 is 0 Å². The van der Waals surface area contributed by atoms with Crippen molar-refractivity contribution in [1.82, 2.24) is 19.9 Å². The molecule has 35 heavy (non-hydrogen) atoms. The lowest BCUT2D eigenvalue weighted by atomic mass is 10.1. The third-order valence-corrected chi connectivity index (χ3v) is 7.20. The summed E-state index contributed by atoms with van der Waals surface area (Å²) in [6, 6.07) is 15.5. The lowest BCUT2D eigenvalue weighted by molar-refractivity contribution is 0.0747. The highest BCUT2D eigenvalue weighted by atomic mass is 32.1. The Balaban J connectivity index is 1.20. The van der Waals surface area contributed by atoms with E-state index in [-0.39, 0.29) is 11.5 Å². The molecular formula is C26H23N5O3S. The van der Waals surface area contributed by atoms with E-state index < -0.39 is 0 Å². The number of carbonyl (C=O) groups is 1. The zero-order chi connectivity index (χ0) is 23.9. The number of H-pyrrole nitrogens is 2. The van der Waals surface area contributed by atoms with Crippen molar-refractivity contribution in [2.75, 3.05) is 38.2 Å². The van der Waals surface area contributed by atoms with Gasteiger partial charge in [-0.25, -0.2) is 4.98 Å². The molecule has 0 unspecified atom stereocenters. The molecular weight excluding hydrogens is 462 g/mol. The van der Waals surface area contributed by atoms with Crippen LogP contribution in [0.2, 0.25) is 0 Å². The standard InChI is InChI=1S/C26H23N5O3S/c1-34-19-5-3-18(4-6-19)30-8-10-31(11-9-30)26(33)16-2-7-20-17(12-16)13-21(27-20)24-25(32)29-23-15-35-14-22(23)28-24/h2-7,12-15,27H,8-11H2,1H3,(H,29,32). The molecule has 1 fully saturated rings. The fourth-order valence-corrected chi connectivity index (χ4v) is 5.23. The Hall–Kier alpha value is -4.11. The average Bonchev–Trinajstić information content (AvgIpc) is 3.53. The van der Waals surface area contributed by atoms with Crippen LogP contribution in [0.4, 0.5) is 5.69 Å². The number of aromatic nitrogens is 3. The molecule has 0 radical (unpaired) electrons. The van der Waals surface area contributed by atoms with Crippen LogP contribution in [0.15, 0.2) is 64.1 Å². The number of nitrogens with zero attached hydrogens (tertiary/aromatic N) is 3. The summed E-state index contributed by atoms with van der Waals surface area (Å²) in [5, 5.41) is 4.64. The van der Waals surface area contributed by atoms with E-state index in [9.17, 15) is 9.59 Å². The summed E-state index contributed by atoms with van der Waals surface area (Å²) in [5.41, 5.74) is 4.84. The van der Waals surface area contributed by atoms with E-state index in [2.05, 4.69) is 19.9 Å². The highest BCUT2D eigenvalue weighted by Gasteiger charge is 2.23. The molecule has 6 rings (SSSR count). The van der Waals surface area contributed by atoms with Gasteiger partial charge in [-0.3, -0.25) is 9.59 Å². The number of methoxy groups -OCH3 is 1. The number of thiophene rings is 1. The molecule has 0 spiro atoms. The molecule has 4 heterocycles. The number of hydrogen-bond acceptors (Lipinski definition) is 6. The maximum absolute atomic E-state index is 13.2.